The first-order chi connectivity index (χ1) is 19.8. The molecule has 0 aliphatic carbocycles. The van der Waals surface area contributed by atoms with Gasteiger partial charge in [0.05, 0.1) is 11.9 Å². The molecule has 2 aliphatic rings. The highest BCUT2D eigenvalue weighted by Crippen LogP contribution is 2.37. The van der Waals surface area contributed by atoms with Crippen LogP contribution in [-0.2, 0) is 27.9 Å². The van der Waals surface area contributed by atoms with Crippen LogP contribution >= 0.6 is 0 Å². The SMILES string of the molecule is CCn1nnc2c(C)c(C(CC(=O)O)c3cccc(CN4CC5CCCCN5c5ncccc5S4(=O)=O)c3)ccc21. The summed E-state index contributed by atoms with van der Waals surface area (Å²) in [4.78, 5) is 18.9. The fraction of sp³-hybridized carbons (Fsp3) is 0.400. The number of rotatable bonds is 7. The molecule has 41 heavy (non-hydrogen) atoms. The van der Waals surface area contributed by atoms with E-state index < -0.39 is 21.9 Å². The largest absolute Gasteiger partial charge is 0.481 e. The van der Waals surface area contributed by atoms with Gasteiger partial charge in [0.15, 0.2) is 0 Å². The summed E-state index contributed by atoms with van der Waals surface area (Å²) in [5, 5.41) is 18.4. The van der Waals surface area contributed by atoms with Gasteiger partial charge >= 0.3 is 5.97 Å². The lowest BCUT2D eigenvalue weighted by atomic mass is 9.85. The maximum atomic E-state index is 13.9. The molecule has 0 radical (unpaired) electrons. The third kappa shape index (κ3) is 4.97. The van der Waals surface area contributed by atoms with Gasteiger partial charge in [-0.3, -0.25) is 4.79 Å². The van der Waals surface area contributed by atoms with Gasteiger partial charge in [0.25, 0.3) is 0 Å². The van der Waals surface area contributed by atoms with Crippen LogP contribution in [0.4, 0.5) is 5.82 Å². The third-order valence-corrected chi connectivity index (χ3v) is 10.3. The Labute approximate surface area is 239 Å². The Morgan fingerprint density at radius 1 is 1.15 bits per heavy atom. The van der Waals surface area contributed by atoms with E-state index in [-0.39, 0.29) is 23.9 Å². The number of benzene rings is 2. The number of pyridine rings is 1. The topological polar surface area (TPSA) is 122 Å². The van der Waals surface area contributed by atoms with E-state index in [0.717, 1.165) is 59.1 Å². The molecular formula is C30H34N6O4S. The minimum atomic E-state index is -3.79. The van der Waals surface area contributed by atoms with E-state index in [1.165, 1.54) is 0 Å². The molecule has 11 heteroatoms. The summed E-state index contributed by atoms with van der Waals surface area (Å²) in [6.07, 6.45) is 4.53. The van der Waals surface area contributed by atoms with Crippen molar-refractivity contribution in [2.24, 2.45) is 0 Å². The predicted molar refractivity (Wildman–Crippen MR) is 155 cm³/mol. The van der Waals surface area contributed by atoms with Crippen LogP contribution in [-0.4, -0.2) is 62.9 Å². The molecule has 2 atom stereocenters. The molecule has 1 N–H and O–H groups in total. The molecule has 0 amide bonds. The number of sulfonamides is 1. The summed E-state index contributed by atoms with van der Waals surface area (Å²) in [7, 11) is -3.79. The average Bonchev–Trinajstić information content (AvgIpc) is 3.37. The Morgan fingerprint density at radius 2 is 2.00 bits per heavy atom. The third-order valence-electron chi connectivity index (χ3n) is 8.43. The van der Waals surface area contributed by atoms with Crippen molar-refractivity contribution in [3.8, 4) is 0 Å². The standard InChI is InChI=1S/C30H34N6O4S/c1-3-36-26-13-12-24(20(2)29(26)32-33-36)25(17-28(37)38)22-9-6-8-21(16-22)18-34-19-23-10-4-5-15-35(23)30-27(41(34,39)40)11-7-14-31-30/h6-9,11-14,16,23,25H,3-5,10,15,17-19H2,1-2H3,(H,37,38). The van der Waals surface area contributed by atoms with E-state index in [1.54, 1.807) is 22.6 Å². The number of aryl methyl sites for hydroxylation is 2. The van der Waals surface area contributed by atoms with Crippen LogP contribution in [0.2, 0.25) is 0 Å². The minimum Gasteiger partial charge on any atom is -0.481 e. The van der Waals surface area contributed by atoms with Gasteiger partial charge in [0, 0.05) is 44.3 Å². The molecule has 0 spiro atoms. The van der Waals surface area contributed by atoms with Crippen molar-refractivity contribution < 1.29 is 18.3 Å². The van der Waals surface area contributed by atoms with E-state index >= 15 is 0 Å². The molecule has 0 saturated carbocycles. The number of aromatic nitrogens is 4. The molecule has 1 fully saturated rings. The van der Waals surface area contributed by atoms with Gasteiger partial charge in [-0.05, 0) is 73.6 Å². The number of carboxylic acid groups (broad SMARTS) is 1. The highest BCUT2D eigenvalue weighted by Gasteiger charge is 2.39. The summed E-state index contributed by atoms with van der Waals surface area (Å²) in [6, 6.07) is 15.0. The zero-order valence-corrected chi connectivity index (χ0v) is 24.1. The van der Waals surface area contributed by atoms with Crippen LogP contribution in [0.5, 0.6) is 0 Å². The normalized spacial score (nSPS) is 19.4. The summed E-state index contributed by atoms with van der Waals surface area (Å²) in [5.74, 6) is -0.794. The summed E-state index contributed by atoms with van der Waals surface area (Å²) in [5.41, 5.74) is 5.08. The van der Waals surface area contributed by atoms with E-state index in [4.69, 9.17) is 0 Å². The zero-order chi connectivity index (χ0) is 28.7. The van der Waals surface area contributed by atoms with Gasteiger partial charge < -0.3 is 10.0 Å². The second-order valence-corrected chi connectivity index (χ2v) is 12.8. The number of piperidine rings is 1. The molecule has 2 aromatic heterocycles. The van der Waals surface area contributed by atoms with E-state index in [0.29, 0.717) is 18.9 Å². The summed E-state index contributed by atoms with van der Waals surface area (Å²) < 4.78 is 31.2. The monoisotopic (exact) mass is 574 g/mol. The quantitative estimate of drug-likeness (QED) is 0.346. The zero-order valence-electron chi connectivity index (χ0n) is 23.3. The number of hydrogen-bond donors (Lipinski definition) is 1. The van der Waals surface area contributed by atoms with E-state index in [1.807, 2.05) is 54.9 Å². The predicted octanol–water partition coefficient (Wildman–Crippen LogP) is 4.32. The lowest BCUT2D eigenvalue weighted by molar-refractivity contribution is -0.137. The highest BCUT2D eigenvalue weighted by atomic mass is 32.2. The Morgan fingerprint density at radius 3 is 2.80 bits per heavy atom. The van der Waals surface area contributed by atoms with Crippen molar-refractivity contribution in [1.29, 1.82) is 0 Å². The lowest BCUT2D eigenvalue weighted by Crippen LogP contribution is -2.45. The first kappa shape index (κ1) is 27.3. The van der Waals surface area contributed by atoms with Gasteiger partial charge in [-0.2, -0.15) is 4.31 Å². The fourth-order valence-corrected chi connectivity index (χ4v) is 7.99. The second-order valence-electron chi connectivity index (χ2n) is 10.9. The first-order valence-corrected chi connectivity index (χ1v) is 15.6. The number of aliphatic carboxylic acids is 1. The molecule has 2 aromatic carbocycles. The molecule has 6 rings (SSSR count). The fourth-order valence-electron chi connectivity index (χ4n) is 6.38. The number of carboxylic acids is 1. The van der Waals surface area contributed by atoms with Crippen molar-refractivity contribution in [3.05, 3.63) is 77.0 Å². The number of hydrogen-bond acceptors (Lipinski definition) is 7. The van der Waals surface area contributed by atoms with Crippen LogP contribution in [0, 0.1) is 6.92 Å². The number of nitrogens with zero attached hydrogens (tertiary/aromatic N) is 6. The number of anilines is 1. The van der Waals surface area contributed by atoms with Crippen molar-refractivity contribution in [2.75, 3.05) is 18.0 Å². The van der Waals surface area contributed by atoms with Gasteiger partial charge in [0.2, 0.25) is 10.0 Å². The number of fused-ring (bicyclic) bond motifs is 4. The molecule has 4 aromatic rings. The van der Waals surface area contributed by atoms with Crippen LogP contribution < -0.4 is 4.90 Å². The second kappa shape index (κ2) is 10.9. The Kier molecular flexibility index (Phi) is 7.25. The molecule has 1 saturated heterocycles. The van der Waals surface area contributed by atoms with Gasteiger partial charge in [-0.1, -0.05) is 35.5 Å². The van der Waals surface area contributed by atoms with Crippen molar-refractivity contribution >= 4 is 32.8 Å². The Balaban J connectivity index is 1.37. The highest BCUT2D eigenvalue weighted by molar-refractivity contribution is 7.89. The van der Waals surface area contributed by atoms with E-state index in [9.17, 15) is 18.3 Å². The molecule has 10 nitrogen and oxygen atoms in total. The summed E-state index contributed by atoms with van der Waals surface area (Å²) >= 11 is 0. The van der Waals surface area contributed by atoms with Crippen molar-refractivity contribution in [3.63, 3.8) is 0 Å². The van der Waals surface area contributed by atoms with Crippen LogP contribution in [0.25, 0.3) is 11.0 Å². The molecular weight excluding hydrogens is 540 g/mol. The first-order valence-electron chi connectivity index (χ1n) is 14.1. The Hall–Kier alpha value is -3.83. The molecule has 214 valence electrons. The molecule has 2 aliphatic heterocycles. The van der Waals surface area contributed by atoms with Crippen molar-refractivity contribution in [1.82, 2.24) is 24.3 Å². The average molecular weight is 575 g/mol. The Bertz CT molecular complexity index is 1720. The van der Waals surface area contributed by atoms with Crippen LogP contribution in [0.3, 0.4) is 0 Å². The van der Waals surface area contributed by atoms with Crippen LogP contribution in [0.15, 0.2) is 59.6 Å². The summed E-state index contributed by atoms with van der Waals surface area (Å²) in [6.45, 7) is 6.01. The van der Waals surface area contributed by atoms with Gasteiger partial charge in [0.1, 0.15) is 16.2 Å². The maximum absolute atomic E-state index is 13.9. The van der Waals surface area contributed by atoms with Gasteiger partial charge in [-0.15, -0.1) is 5.10 Å². The minimum absolute atomic E-state index is 0.0588. The van der Waals surface area contributed by atoms with E-state index in [2.05, 4.69) is 20.2 Å². The molecule has 4 heterocycles. The maximum Gasteiger partial charge on any atom is 0.304 e. The molecule has 2 unspecified atom stereocenters. The lowest BCUT2D eigenvalue weighted by Gasteiger charge is -2.36. The van der Waals surface area contributed by atoms with Crippen molar-refractivity contribution in [2.45, 2.75) is 69.5 Å². The van der Waals surface area contributed by atoms with Crippen LogP contribution in [0.1, 0.15) is 60.8 Å². The number of carbonyl (C=O) groups is 1. The smallest absolute Gasteiger partial charge is 0.304 e. The molecule has 0 bridgehead atoms. The van der Waals surface area contributed by atoms with Gasteiger partial charge in [-0.25, -0.2) is 18.1 Å².